The average molecular weight is 265 g/mol. The van der Waals surface area contributed by atoms with Crippen LogP contribution in [0.4, 0.5) is 0 Å². The normalized spacial score (nSPS) is 15.4. The minimum Gasteiger partial charge on any atom is -0.381 e. The Morgan fingerprint density at radius 1 is 1.47 bits per heavy atom. The van der Waals surface area contributed by atoms with Gasteiger partial charge in [-0.3, -0.25) is 4.68 Å². The topological polar surface area (TPSA) is 39.1 Å². The van der Waals surface area contributed by atoms with Crippen molar-refractivity contribution in [3.05, 3.63) is 17.5 Å². The van der Waals surface area contributed by atoms with Crippen molar-refractivity contribution in [2.24, 2.45) is 13.0 Å². The minimum absolute atomic E-state index is 0.486. The molecule has 1 saturated carbocycles. The van der Waals surface area contributed by atoms with E-state index in [2.05, 4.69) is 30.5 Å². The maximum absolute atomic E-state index is 5.62. The van der Waals surface area contributed by atoms with E-state index in [1.54, 1.807) is 0 Å². The molecule has 19 heavy (non-hydrogen) atoms. The largest absolute Gasteiger partial charge is 0.381 e. The summed E-state index contributed by atoms with van der Waals surface area (Å²) >= 11 is 0. The number of hydrogen-bond donors (Lipinski definition) is 1. The summed E-state index contributed by atoms with van der Waals surface area (Å²) in [7, 11) is 1.99. The Morgan fingerprint density at radius 3 is 2.95 bits per heavy atom. The first-order valence-corrected chi connectivity index (χ1v) is 7.47. The van der Waals surface area contributed by atoms with Gasteiger partial charge in [-0.15, -0.1) is 0 Å². The van der Waals surface area contributed by atoms with E-state index in [0.29, 0.717) is 5.92 Å². The van der Waals surface area contributed by atoms with E-state index < -0.39 is 0 Å². The second-order valence-electron chi connectivity index (χ2n) is 5.92. The van der Waals surface area contributed by atoms with Crippen molar-refractivity contribution < 1.29 is 4.74 Å². The Morgan fingerprint density at radius 2 is 2.26 bits per heavy atom. The van der Waals surface area contributed by atoms with Gasteiger partial charge in [-0.25, -0.2) is 0 Å². The average Bonchev–Trinajstić information content (AvgIpc) is 3.10. The molecule has 4 nitrogen and oxygen atoms in total. The molecule has 1 aliphatic carbocycles. The molecule has 0 bridgehead atoms. The van der Waals surface area contributed by atoms with Crippen molar-refractivity contribution in [2.45, 2.75) is 45.6 Å². The highest BCUT2D eigenvalue weighted by atomic mass is 16.5. The zero-order valence-corrected chi connectivity index (χ0v) is 12.5. The van der Waals surface area contributed by atoms with Gasteiger partial charge in [0, 0.05) is 38.6 Å². The molecular formula is C15H27N3O. The van der Waals surface area contributed by atoms with Crippen molar-refractivity contribution in [1.82, 2.24) is 15.1 Å². The fourth-order valence-corrected chi connectivity index (χ4v) is 2.23. The maximum atomic E-state index is 5.62. The van der Waals surface area contributed by atoms with E-state index in [9.17, 15) is 0 Å². The van der Waals surface area contributed by atoms with Gasteiger partial charge in [0.05, 0.1) is 5.69 Å². The van der Waals surface area contributed by atoms with Crippen molar-refractivity contribution in [3.63, 3.8) is 0 Å². The Labute approximate surface area is 116 Å². The smallest absolute Gasteiger partial charge is 0.0694 e. The third-order valence-corrected chi connectivity index (χ3v) is 3.49. The standard InChI is InChI=1S/C15H27N3O/c1-12(2)15-14(10-18(3)17-15)9-16-7-4-8-19-11-13-5-6-13/h10,12-13,16H,4-9,11H2,1-3H3. The van der Waals surface area contributed by atoms with Crippen LogP contribution in [0.3, 0.4) is 0 Å². The fourth-order valence-electron chi connectivity index (χ4n) is 2.23. The van der Waals surface area contributed by atoms with Crippen LogP contribution in [0.25, 0.3) is 0 Å². The molecule has 0 spiro atoms. The van der Waals surface area contributed by atoms with Crippen LogP contribution in [0, 0.1) is 5.92 Å². The lowest BCUT2D eigenvalue weighted by Gasteiger charge is -2.07. The third kappa shape index (κ3) is 4.96. The first kappa shape index (κ1) is 14.5. The van der Waals surface area contributed by atoms with Gasteiger partial charge in [0.15, 0.2) is 0 Å². The molecule has 1 fully saturated rings. The lowest BCUT2D eigenvalue weighted by Crippen LogP contribution is -2.17. The van der Waals surface area contributed by atoms with Crippen LogP contribution in [0.2, 0.25) is 0 Å². The van der Waals surface area contributed by atoms with E-state index in [1.165, 1.54) is 24.1 Å². The molecule has 1 heterocycles. The Kier molecular flexibility index (Phi) is 5.40. The Hall–Kier alpha value is -0.870. The summed E-state index contributed by atoms with van der Waals surface area (Å²) in [5.74, 6) is 1.36. The molecular weight excluding hydrogens is 238 g/mol. The molecule has 0 amide bonds. The lowest BCUT2D eigenvalue weighted by atomic mass is 10.1. The molecule has 108 valence electrons. The predicted octanol–water partition coefficient (Wildman–Crippen LogP) is 2.45. The predicted molar refractivity (Wildman–Crippen MR) is 77.2 cm³/mol. The van der Waals surface area contributed by atoms with Crippen LogP contribution in [-0.4, -0.2) is 29.5 Å². The molecule has 1 aliphatic rings. The zero-order valence-electron chi connectivity index (χ0n) is 12.5. The third-order valence-electron chi connectivity index (χ3n) is 3.49. The molecule has 0 aromatic carbocycles. The van der Waals surface area contributed by atoms with Crippen LogP contribution >= 0.6 is 0 Å². The maximum Gasteiger partial charge on any atom is 0.0694 e. The molecule has 4 heteroatoms. The van der Waals surface area contributed by atoms with Gasteiger partial charge in [0.25, 0.3) is 0 Å². The van der Waals surface area contributed by atoms with Crippen LogP contribution < -0.4 is 5.32 Å². The lowest BCUT2D eigenvalue weighted by molar-refractivity contribution is 0.122. The summed E-state index contributed by atoms with van der Waals surface area (Å²) in [4.78, 5) is 0. The molecule has 1 aromatic rings. The zero-order chi connectivity index (χ0) is 13.7. The highest BCUT2D eigenvalue weighted by Gasteiger charge is 2.20. The van der Waals surface area contributed by atoms with E-state index in [-0.39, 0.29) is 0 Å². The summed E-state index contributed by atoms with van der Waals surface area (Å²) in [6.45, 7) is 8.16. The molecule has 0 aliphatic heterocycles. The van der Waals surface area contributed by atoms with Gasteiger partial charge in [-0.05, 0) is 37.6 Å². The summed E-state index contributed by atoms with van der Waals surface area (Å²) in [5.41, 5.74) is 2.52. The number of nitrogens with zero attached hydrogens (tertiary/aromatic N) is 2. The first-order chi connectivity index (χ1) is 9.16. The van der Waals surface area contributed by atoms with Gasteiger partial charge in [-0.1, -0.05) is 13.8 Å². The van der Waals surface area contributed by atoms with Crippen LogP contribution in [0.1, 0.15) is 50.3 Å². The van der Waals surface area contributed by atoms with E-state index in [4.69, 9.17) is 4.74 Å². The van der Waals surface area contributed by atoms with Gasteiger partial charge in [0.1, 0.15) is 0 Å². The number of rotatable bonds is 9. The van der Waals surface area contributed by atoms with Crippen molar-refractivity contribution >= 4 is 0 Å². The van der Waals surface area contributed by atoms with E-state index in [0.717, 1.165) is 38.6 Å². The first-order valence-electron chi connectivity index (χ1n) is 7.47. The van der Waals surface area contributed by atoms with E-state index >= 15 is 0 Å². The summed E-state index contributed by atoms with van der Waals surface area (Å²) in [6.07, 6.45) is 5.95. The quantitative estimate of drug-likeness (QED) is 0.697. The summed E-state index contributed by atoms with van der Waals surface area (Å²) in [6, 6.07) is 0. The minimum atomic E-state index is 0.486. The Bertz CT molecular complexity index is 383. The Balaban J connectivity index is 1.59. The molecule has 0 unspecified atom stereocenters. The molecule has 0 atom stereocenters. The van der Waals surface area contributed by atoms with Gasteiger partial charge < -0.3 is 10.1 Å². The van der Waals surface area contributed by atoms with Crippen molar-refractivity contribution in [1.29, 1.82) is 0 Å². The summed E-state index contributed by atoms with van der Waals surface area (Å²) < 4.78 is 7.53. The molecule has 1 N–H and O–H groups in total. The summed E-state index contributed by atoms with van der Waals surface area (Å²) in [5, 5.41) is 8.00. The molecule has 0 radical (unpaired) electrons. The van der Waals surface area contributed by atoms with Crippen molar-refractivity contribution in [2.75, 3.05) is 19.8 Å². The molecule has 1 aromatic heterocycles. The second-order valence-corrected chi connectivity index (χ2v) is 5.92. The van der Waals surface area contributed by atoms with Crippen LogP contribution in [0.5, 0.6) is 0 Å². The highest BCUT2D eigenvalue weighted by Crippen LogP contribution is 2.28. The number of nitrogens with one attached hydrogen (secondary N) is 1. The van der Waals surface area contributed by atoms with E-state index in [1.807, 2.05) is 11.7 Å². The van der Waals surface area contributed by atoms with Crippen LogP contribution in [-0.2, 0) is 18.3 Å². The fraction of sp³-hybridized carbons (Fsp3) is 0.800. The second kappa shape index (κ2) is 7.06. The van der Waals surface area contributed by atoms with Crippen LogP contribution in [0.15, 0.2) is 6.20 Å². The van der Waals surface area contributed by atoms with Crippen molar-refractivity contribution in [3.8, 4) is 0 Å². The number of aryl methyl sites for hydroxylation is 1. The molecule has 0 saturated heterocycles. The van der Waals surface area contributed by atoms with Gasteiger partial charge in [-0.2, -0.15) is 5.10 Å². The van der Waals surface area contributed by atoms with Gasteiger partial charge in [0.2, 0.25) is 0 Å². The monoisotopic (exact) mass is 265 g/mol. The number of aromatic nitrogens is 2. The number of ether oxygens (including phenoxy) is 1. The SMILES string of the molecule is CC(C)c1nn(C)cc1CNCCCOCC1CC1. The molecule has 2 rings (SSSR count). The number of hydrogen-bond acceptors (Lipinski definition) is 3. The van der Waals surface area contributed by atoms with Gasteiger partial charge >= 0.3 is 0 Å². The highest BCUT2D eigenvalue weighted by molar-refractivity contribution is 5.19.